The van der Waals surface area contributed by atoms with E-state index in [2.05, 4.69) is 4.98 Å². The number of nitrogens with zero attached hydrogens (tertiary/aromatic N) is 1. The summed E-state index contributed by atoms with van der Waals surface area (Å²) in [6.45, 7) is 1.34. The Bertz CT molecular complexity index is 703. The highest BCUT2D eigenvalue weighted by Crippen LogP contribution is 2.18. The molecule has 1 fully saturated rings. The summed E-state index contributed by atoms with van der Waals surface area (Å²) in [7, 11) is 0. The van der Waals surface area contributed by atoms with Gasteiger partial charge in [0, 0.05) is 42.4 Å². The van der Waals surface area contributed by atoms with Crippen molar-refractivity contribution in [2.45, 2.75) is 25.4 Å². The number of ether oxygens (including phenoxy) is 1. The molecule has 0 spiro atoms. The second-order valence-electron chi connectivity index (χ2n) is 5.81. The average molecular weight is 316 g/mol. The zero-order chi connectivity index (χ0) is 16.2. The number of fused-ring (bicyclic) bond motifs is 1. The summed E-state index contributed by atoms with van der Waals surface area (Å²) in [5.74, 6) is -1.05. The number of aliphatic carboxylic acids is 1. The predicted molar refractivity (Wildman–Crippen MR) is 85.4 cm³/mol. The first-order chi connectivity index (χ1) is 11.1. The van der Waals surface area contributed by atoms with Gasteiger partial charge in [0.15, 0.2) is 0 Å². The number of carboxylic acids is 1. The topological polar surface area (TPSA) is 82.6 Å². The molecule has 2 aromatic rings. The molecule has 23 heavy (non-hydrogen) atoms. The van der Waals surface area contributed by atoms with E-state index in [0.29, 0.717) is 18.7 Å². The number of H-pyrrole nitrogens is 1. The van der Waals surface area contributed by atoms with E-state index >= 15 is 0 Å². The summed E-state index contributed by atoms with van der Waals surface area (Å²) in [6, 6.07) is 7.37. The Kier molecular flexibility index (Phi) is 4.62. The van der Waals surface area contributed by atoms with Crippen molar-refractivity contribution in [3.63, 3.8) is 0 Å². The summed E-state index contributed by atoms with van der Waals surface area (Å²) in [4.78, 5) is 28.3. The van der Waals surface area contributed by atoms with E-state index in [4.69, 9.17) is 9.84 Å². The first kappa shape index (κ1) is 15.6. The molecule has 2 heterocycles. The average Bonchev–Trinajstić information content (AvgIpc) is 3.20. The SMILES string of the molecule is O=C(O)CCN(C[C@H]1CCCO1)C(=O)c1ccc2[nH]ccc2c1. The van der Waals surface area contributed by atoms with E-state index in [1.54, 1.807) is 11.0 Å². The highest BCUT2D eigenvalue weighted by Gasteiger charge is 2.24. The maximum atomic E-state index is 12.8. The van der Waals surface area contributed by atoms with Gasteiger partial charge in [-0.05, 0) is 37.1 Å². The molecule has 6 heteroatoms. The molecule has 0 bridgehead atoms. The Labute approximate surface area is 134 Å². The van der Waals surface area contributed by atoms with Crippen LogP contribution in [0, 0.1) is 0 Å². The lowest BCUT2D eigenvalue weighted by atomic mass is 10.1. The highest BCUT2D eigenvalue weighted by atomic mass is 16.5. The van der Waals surface area contributed by atoms with Crippen molar-refractivity contribution in [1.29, 1.82) is 0 Å². The number of carbonyl (C=O) groups excluding carboxylic acids is 1. The fourth-order valence-electron chi connectivity index (χ4n) is 2.91. The number of aromatic amines is 1. The van der Waals surface area contributed by atoms with Crippen LogP contribution in [-0.4, -0.2) is 52.7 Å². The number of nitrogens with one attached hydrogen (secondary N) is 1. The van der Waals surface area contributed by atoms with Gasteiger partial charge in [-0.15, -0.1) is 0 Å². The Morgan fingerprint density at radius 2 is 2.22 bits per heavy atom. The van der Waals surface area contributed by atoms with E-state index < -0.39 is 5.97 Å². The van der Waals surface area contributed by atoms with Gasteiger partial charge in [0.25, 0.3) is 5.91 Å². The number of benzene rings is 1. The predicted octanol–water partition coefficient (Wildman–Crippen LogP) is 2.26. The lowest BCUT2D eigenvalue weighted by Crippen LogP contribution is -2.38. The highest BCUT2D eigenvalue weighted by molar-refractivity contribution is 5.98. The second-order valence-corrected chi connectivity index (χ2v) is 5.81. The van der Waals surface area contributed by atoms with E-state index in [9.17, 15) is 9.59 Å². The number of amides is 1. The maximum Gasteiger partial charge on any atom is 0.305 e. The fourth-order valence-corrected chi connectivity index (χ4v) is 2.91. The molecule has 0 radical (unpaired) electrons. The number of hydrogen-bond acceptors (Lipinski definition) is 3. The van der Waals surface area contributed by atoms with Crippen molar-refractivity contribution in [2.24, 2.45) is 0 Å². The van der Waals surface area contributed by atoms with Crippen molar-refractivity contribution >= 4 is 22.8 Å². The number of carbonyl (C=O) groups is 2. The molecule has 2 N–H and O–H groups in total. The molecule has 0 aliphatic carbocycles. The second kappa shape index (κ2) is 6.83. The van der Waals surface area contributed by atoms with Gasteiger partial charge in [0.2, 0.25) is 0 Å². The van der Waals surface area contributed by atoms with Crippen molar-refractivity contribution in [2.75, 3.05) is 19.7 Å². The quantitative estimate of drug-likeness (QED) is 0.856. The number of hydrogen-bond donors (Lipinski definition) is 2. The van der Waals surface area contributed by atoms with E-state index in [0.717, 1.165) is 23.7 Å². The third-order valence-electron chi connectivity index (χ3n) is 4.13. The Balaban J connectivity index is 1.77. The van der Waals surface area contributed by atoms with Crippen LogP contribution >= 0.6 is 0 Å². The number of rotatable bonds is 6. The van der Waals surface area contributed by atoms with Crippen molar-refractivity contribution in [3.05, 3.63) is 36.0 Å². The molecule has 122 valence electrons. The molecule has 1 amide bonds. The van der Waals surface area contributed by atoms with Crippen LogP contribution in [0.1, 0.15) is 29.6 Å². The first-order valence-corrected chi connectivity index (χ1v) is 7.83. The summed E-state index contributed by atoms with van der Waals surface area (Å²) in [6.07, 6.45) is 3.66. The molecule has 0 saturated carbocycles. The van der Waals surface area contributed by atoms with E-state index in [1.165, 1.54) is 0 Å². The van der Waals surface area contributed by atoms with E-state index in [-0.39, 0.29) is 25.0 Å². The molecule has 3 rings (SSSR count). The summed E-state index contributed by atoms with van der Waals surface area (Å²) < 4.78 is 5.59. The number of carboxylic acid groups (broad SMARTS) is 1. The van der Waals surface area contributed by atoms with Gasteiger partial charge < -0.3 is 19.7 Å². The maximum absolute atomic E-state index is 12.8. The zero-order valence-electron chi connectivity index (χ0n) is 12.8. The van der Waals surface area contributed by atoms with Gasteiger partial charge in [-0.3, -0.25) is 9.59 Å². The van der Waals surface area contributed by atoms with Crippen LogP contribution < -0.4 is 0 Å². The first-order valence-electron chi connectivity index (χ1n) is 7.83. The lowest BCUT2D eigenvalue weighted by Gasteiger charge is -2.25. The minimum atomic E-state index is -0.906. The Morgan fingerprint density at radius 1 is 1.35 bits per heavy atom. The Hall–Kier alpha value is -2.34. The van der Waals surface area contributed by atoms with Gasteiger partial charge in [-0.25, -0.2) is 0 Å². The normalized spacial score (nSPS) is 17.5. The third kappa shape index (κ3) is 3.71. The zero-order valence-corrected chi connectivity index (χ0v) is 12.8. The van der Waals surface area contributed by atoms with Gasteiger partial charge in [0.1, 0.15) is 0 Å². The molecule has 1 atom stereocenters. The van der Waals surface area contributed by atoms with Gasteiger partial charge in [-0.1, -0.05) is 0 Å². The molecule has 1 aliphatic rings. The fraction of sp³-hybridized carbons (Fsp3) is 0.412. The number of aromatic nitrogens is 1. The lowest BCUT2D eigenvalue weighted by molar-refractivity contribution is -0.137. The third-order valence-corrected chi connectivity index (χ3v) is 4.13. The van der Waals surface area contributed by atoms with Crippen molar-refractivity contribution in [1.82, 2.24) is 9.88 Å². The van der Waals surface area contributed by atoms with E-state index in [1.807, 2.05) is 24.4 Å². The van der Waals surface area contributed by atoms with Crippen LogP contribution in [0.5, 0.6) is 0 Å². The largest absolute Gasteiger partial charge is 0.481 e. The van der Waals surface area contributed by atoms with Gasteiger partial charge in [-0.2, -0.15) is 0 Å². The summed E-state index contributed by atoms with van der Waals surface area (Å²) in [5, 5.41) is 9.88. The molecular formula is C17H20N2O4. The molecule has 1 aliphatic heterocycles. The Morgan fingerprint density at radius 3 is 2.96 bits per heavy atom. The minimum absolute atomic E-state index is 0.00346. The monoisotopic (exact) mass is 316 g/mol. The van der Waals surface area contributed by atoms with Crippen molar-refractivity contribution < 1.29 is 19.4 Å². The summed E-state index contributed by atoms with van der Waals surface area (Å²) in [5.41, 5.74) is 1.54. The van der Waals surface area contributed by atoms with Gasteiger partial charge in [0.05, 0.1) is 12.5 Å². The molecule has 1 aromatic carbocycles. The van der Waals surface area contributed by atoms with Crippen LogP contribution in [0.2, 0.25) is 0 Å². The molecule has 1 aromatic heterocycles. The molecule has 0 unspecified atom stereocenters. The summed E-state index contributed by atoms with van der Waals surface area (Å²) >= 11 is 0. The standard InChI is InChI=1S/C17H20N2O4/c20-16(21)6-8-19(11-14-2-1-9-23-14)17(22)13-3-4-15-12(10-13)5-7-18-15/h3-5,7,10,14,18H,1-2,6,8-9,11H2,(H,20,21)/t14-/m1/s1. The smallest absolute Gasteiger partial charge is 0.305 e. The van der Waals surface area contributed by atoms with Crippen LogP contribution in [-0.2, 0) is 9.53 Å². The minimum Gasteiger partial charge on any atom is -0.481 e. The van der Waals surface area contributed by atoms with Gasteiger partial charge >= 0.3 is 5.97 Å². The molecular weight excluding hydrogens is 296 g/mol. The van der Waals surface area contributed by atoms with Crippen LogP contribution in [0.15, 0.2) is 30.5 Å². The van der Waals surface area contributed by atoms with Crippen LogP contribution in [0.25, 0.3) is 10.9 Å². The molecule has 1 saturated heterocycles. The molecule has 6 nitrogen and oxygen atoms in total. The van der Waals surface area contributed by atoms with Crippen LogP contribution in [0.3, 0.4) is 0 Å². The van der Waals surface area contributed by atoms with Crippen LogP contribution in [0.4, 0.5) is 0 Å². The van der Waals surface area contributed by atoms with Crippen molar-refractivity contribution in [3.8, 4) is 0 Å².